The van der Waals surface area contributed by atoms with Crippen molar-refractivity contribution in [3.05, 3.63) is 47.8 Å². The lowest BCUT2D eigenvalue weighted by Crippen LogP contribution is -2.43. The number of rotatable bonds is 4. The van der Waals surface area contributed by atoms with Crippen LogP contribution >= 0.6 is 0 Å². The minimum Gasteiger partial charge on any atom is -0.508 e. The zero-order chi connectivity index (χ0) is 23.8. The summed E-state index contributed by atoms with van der Waals surface area (Å²) in [5.41, 5.74) is 8.89. The van der Waals surface area contributed by atoms with Gasteiger partial charge in [-0.15, -0.1) is 0 Å². The van der Waals surface area contributed by atoms with Gasteiger partial charge in [0.25, 0.3) is 0 Å². The second kappa shape index (κ2) is 8.53. The first-order valence-electron chi connectivity index (χ1n) is 10.7. The number of fused-ring (bicyclic) bond motifs is 1. The van der Waals surface area contributed by atoms with Crippen molar-refractivity contribution in [3.63, 3.8) is 0 Å². The predicted octanol–water partition coefficient (Wildman–Crippen LogP) is 3.01. The number of phenols is 1. The molecule has 0 amide bonds. The fourth-order valence-electron chi connectivity index (χ4n) is 4.37. The van der Waals surface area contributed by atoms with Gasteiger partial charge in [0.1, 0.15) is 23.4 Å². The van der Waals surface area contributed by atoms with E-state index in [1.165, 1.54) is 12.1 Å². The average molecular weight is 459 g/mol. The Morgan fingerprint density at radius 2 is 2.00 bits per heavy atom. The number of halogens is 1. The standard InChI is InChI=1S/C24H22FN7O2/c1-34-19-10-13(2-5-18(19)32-8-6-28-7-9-32)20-16(12-26)22(15-4-3-14(33)11-17(15)25)29-24-21(20)23(27)30-31-24/h2-5,10-11,28,33H,6-9H2,1H3,(H3,27,29,30,31). The number of nitrogens with one attached hydrogen (secondary N) is 2. The summed E-state index contributed by atoms with van der Waals surface area (Å²) in [5.74, 6) is -0.0990. The van der Waals surface area contributed by atoms with E-state index in [0.717, 1.165) is 37.9 Å². The molecule has 0 radical (unpaired) electrons. The monoisotopic (exact) mass is 459 g/mol. The number of aromatic hydroxyl groups is 1. The number of pyridine rings is 1. The quantitative estimate of drug-likeness (QED) is 0.366. The van der Waals surface area contributed by atoms with Gasteiger partial charge in [0.2, 0.25) is 0 Å². The molecule has 2 aromatic carbocycles. The smallest absolute Gasteiger partial charge is 0.158 e. The van der Waals surface area contributed by atoms with Crippen LogP contribution in [0.25, 0.3) is 33.4 Å². The first kappa shape index (κ1) is 21.5. The van der Waals surface area contributed by atoms with Gasteiger partial charge in [-0.1, -0.05) is 6.07 Å². The van der Waals surface area contributed by atoms with Crippen LogP contribution in [0.2, 0.25) is 0 Å². The molecule has 0 bridgehead atoms. The molecule has 5 rings (SSSR count). The van der Waals surface area contributed by atoms with Crippen LogP contribution in [0.4, 0.5) is 15.9 Å². The summed E-state index contributed by atoms with van der Waals surface area (Å²) in [7, 11) is 1.60. The summed E-state index contributed by atoms with van der Waals surface area (Å²) in [6.07, 6.45) is 0. The number of aromatic nitrogens is 3. The Bertz CT molecular complexity index is 1440. The van der Waals surface area contributed by atoms with Crippen LogP contribution in [-0.2, 0) is 0 Å². The van der Waals surface area contributed by atoms with Gasteiger partial charge < -0.3 is 25.8 Å². The third-order valence-corrected chi connectivity index (χ3v) is 5.98. The number of aromatic amines is 1. The number of ether oxygens (including phenoxy) is 1. The van der Waals surface area contributed by atoms with E-state index in [4.69, 9.17) is 10.5 Å². The van der Waals surface area contributed by atoms with E-state index in [2.05, 4.69) is 31.5 Å². The third-order valence-electron chi connectivity index (χ3n) is 5.98. The molecular weight excluding hydrogens is 437 g/mol. The number of H-pyrrole nitrogens is 1. The molecule has 1 aliphatic rings. The zero-order valence-electron chi connectivity index (χ0n) is 18.4. The van der Waals surface area contributed by atoms with E-state index in [0.29, 0.717) is 27.9 Å². The number of nitrogens with two attached hydrogens (primary N) is 1. The summed E-state index contributed by atoms with van der Waals surface area (Å²) >= 11 is 0. The van der Waals surface area contributed by atoms with E-state index in [9.17, 15) is 14.8 Å². The Balaban J connectivity index is 1.76. The average Bonchev–Trinajstić information content (AvgIpc) is 3.23. The number of nitrogens with zero attached hydrogens (tertiary/aromatic N) is 4. The van der Waals surface area contributed by atoms with Crippen LogP contribution in [0, 0.1) is 17.1 Å². The van der Waals surface area contributed by atoms with Crippen LogP contribution < -0.4 is 20.7 Å². The highest BCUT2D eigenvalue weighted by Gasteiger charge is 2.24. The highest BCUT2D eigenvalue weighted by atomic mass is 19.1. The number of hydrogen-bond donors (Lipinski definition) is 4. The molecule has 1 saturated heterocycles. The van der Waals surface area contributed by atoms with Crippen molar-refractivity contribution >= 4 is 22.5 Å². The van der Waals surface area contributed by atoms with Crippen molar-refractivity contribution in [2.45, 2.75) is 0 Å². The van der Waals surface area contributed by atoms with Crippen molar-refractivity contribution in [2.75, 3.05) is 43.9 Å². The zero-order valence-corrected chi connectivity index (χ0v) is 18.4. The molecule has 172 valence electrons. The molecule has 4 aromatic rings. The van der Waals surface area contributed by atoms with Crippen LogP contribution in [-0.4, -0.2) is 53.6 Å². The Kier molecular flexibility index (Phi) is 5.39. The number of nitrogen functional groups attached to an aromatic ring is 1. The highest BCUT2D eigenvalue weighted by molar-refractivity contribution is 6.05. The first-order valence-corrected chi connectivity index (χ1v) is 10.7. The topological polar surface area (TPSA) is 136 Å². The maximum atomic E-state index is 14.8. The fourth-order valence-corrected chi connectivity index (χ4v) is 4.37. The number of hydrogen-bond acceptors (Lipinski definition) is 8. The molecule has 0 aliphatic carbocycles. The molecule has 0 saturated carbocycles. The lowest BCUT2D eigenvalue weighted by molar-refractivity contribution is 0.413. The molecule has 34 heavy (non-hydrogen) atoms. The van der Waals surface area contributed by atoms with Gasteiger partial charge in [0.05, 0.1) is 29.4 Å². The second-order valence-corrected chi connectivity index (χ2v) is 7.94. The SMILES string of the molecule is COc1cc(-c2c(C#N)c(-c3ccc(O)cc3F)nc3[nH]nc(N)c23)ccc1N1CCNCC1. The van der Waals surface area contributed by atoms with E-state index >= 15 is 0 Å². The molecule has 0 unspecified atom stereocenters. The summed E-state index contributed by atoms with van der Waals surface area (Å²) < 4.78 is 20.5. The van der Waals surface area contributed by atoms with Gasteiger partial charge in [0.15, 0.2) is 11.5 Å². The Morgan fingerprint density at radius 3 is 2.71 bits per heavy atom. The van der Waals surface area contributed by atoms with Crippen molar-refractivity contribution in [3.8, 4) is 40.0 Å². The minimum absolute atomic E-state index is 0.0788. The summed E-state index contributed by atoms with van der Waals surface area (Å²) in [6, 6.07) is 11.6. The molecule has 9 nitrogen and oxygen atoms in total. The maximum Gasteiger partial charge on any atom is 0.158 e. The van der Waals surface area contributed by atoms with Gasteiger partial charge in [0, 0.05) is 43.4 Å². The van der Waals surface area contributed by atoms with Gasteiger partial charge in [-0.3, -0.25) is 5.10 Å². The van der Waals surface area contributed by atoms with Crippen LogP contribution in [0.1, 0.15) is 5.56 Å². The number of benzene rings is 2. The van der Waals surface area contributed by atoms with Crippen LogP contribution in [0.5, 0.6) is 11.5 Å². The molecule has 3 heterocycles. The third kappa shape index (κ3) is 3.52. The molecule has 5 N–H and O–H groups in total. The lowest BCUT2D eigenvalue weighted by atomic mass is 9.93. The largest absolute Gasteiger partial charge is 0.508 e. The molecule has 1 aliphatic heterocycles. The number of anilines is 2. The maximum absolute atomic E-state index is 14.8. The second-order valence-electron chi connectivity index (χ2n) is 7.94. The van der Waals surface area contributed by atoms with Crippen molar-refractivity contribution in [2.24, 2.45) is 0 Å². The van der Waals surface area contributed by atoms with Crippen LogP contribution in [0.15, 0.2) is 36.4 Å². The van der Waals surface area contributed by atoms with E-state index < -0.39 is 5.82 Å². The van der Waals surface area contributed by atoms with E-state index in [-0.39, 0.29) is 28.4 Å². The summed E-state index contributed by atoms with van der Waals surface area (Å²) in [6.45, 7) is 3.44. The number of nitriles is 1. The minimum atomic E-state index is -0.701. The molecule has 0 spiro atoms. The molecule has 0 atom stereocenters. The van der Waals surface area contributed by atoms with Gasteiger partial charge in [-0.05, 0) is 29.8 Å². The Labute approximate surface area is 194 Å². The number of piperazine rings is 1. The highest BCUT2D eigenvalue weighted by Crippen LogP contribution is 2.42. The fraction of sp³-hybridized carbons (Fsp3) is 0.208. The van der Waals surface area contributed by atoms with E-state index in [1.54, 1.807) is 7.11 Å². The molecule has 1 fully saturated rings. The normalized spacial score (nSPS) is 13.7. The Morgan fingerprint density at radius 1 is 1.21 bits per heavy atom. The lowest BCUT2D eigenvalue weighted by Gasteiger charge is -2.30. The predicted molar refractivity (Wildman–Crippen MR) is 127 cm³/mol. The van der Waals surface area contributed by atoms with Crippen molar-refractivity contribution < 1.29 is 14.2 Å². The first-order chi connectivity index (χ1) is 16.5. The summed E-state index contributed by atoms with van der Waals surface area (Å²) in [4.78, 5) is 6.69. The van der Waals surface area contributed by atoms with Gasteiger partial charge >= 0.3 is 0 Å². The summed E-state index contributed by atoms with van der Waals surface area (Å²) in [5, 5.41) is 30.4. The Hall–Kier alpha value is -4.36. The number of phenolic OH excluding ortho intramolecular Hbond substituents is 1. The van der Waals surface area contributed by atoms with Crippen molar-refractivity contribution in [1.82, 2.24) is 20.5 Å². The van der Waals surface area contributed by atoms with Gasteiger partial charge in [-0.25, -0.2) is 9.37 Å². The number of methoxy groups -OCH3 is 1. The molecular formula is C24H22FN7O2. The molecule has 10 heteroatoms. The van der Waals surface area contributed by atoms with E-state index in [1.807, 2.05) is 18.2 Å². The van der Waals surface area contributed by atoms with Crippen molar-refractivity contribution in [1.29, 1.82) is 5.26 Å². The van der Waals surface area contributed by atoms with Gasteiger partial charge in [-0.2, -0.15) is 10.4 Å². The molecule has 2 aromatic heterocycles. The van der Waals surface area contributed by atoms with Crippen LogP contribution in [0.3, 0.4) is 0 Å².